The van der Waals surface area contributed by atoms with E-state index in [1.54, 1.807) is 11.0 Å². The lowest BCUT2D eigenvalue weighted by atomic mass is 10.1. The highest BCUT2D eigenvalue weighted by Crippen LogP contribution is 2.33. The minimum absolute atomic E-state index is 0.0430. The molecule has 0 spiro atoms. The van der Waals surface area contributed by atoms with E-state index in [2.05, 4.69) is 15.9 Å². The fraction of sp³-hybridized carbons (Fsp3) is 0.364. The fourth-order valence-corrected chi connectivity index (χ4v) is 2.86. The summed E-state index contributed by atoms with van der Waals surface area (Å²) in [6, 6.07) is 3.75. The fourth-order valence-electron chi connectivity index (χ4n) is 1.79. The van der Waals surface area contributed by atoms with E-state index >= 15 is 0 Å². The maximum atomic E-state index is 11.7. The summed E-state index contributed by atoms with van der Waals surface area (Å²) in [7, 11) is 0. The van der Waals surface area contributed by atoms with Crippen molar-refractivity contribution in [2.75, 3.05) is 24.7 Å². The highest BCUT2D eigenvalue weighted by molar-refractivity contribution is 9.10. The van der Waals surface area contributed by atoms with Gasteiger partial charge in [-0.05, 0) is 24.6 Å². The van der Waals surface area contributed by atoms with Gasteiger partial charge in [0.1, 0.15) is 6.61 Å². The Morgan fingerprint density at radius 2 is 2.25 bits per heavy atom. The van der Waals surface area contributed by atoms with Crippen LogP contribution in [0.15, 0.2) is 16.6 Å². The third kappa shape index (κ3) is 2.24. The Bertz CT molecular complexity index is 413. The summed E-state index contributed by atoms with van der Waals surface area (Å²) in [6.45, 7) is 3.18. The predicted octanol–water partition coefficient (Wildman–Crippen LogP) is 2.77. The molecule has 0 N–H and O–H groups in total. The van der Waals surface area contributed by atoms with Crippen molar-refractivity contribution in [2.45, 2.75) is 6.92 Å². The Balaban J connectivity index is 2.42. The number of benzene rings is 1. The van der Waals surface area contributed by atoms with Gasteiger partial charge < -0.3 is 9.64 Å². The number of rotatable bonds is 1. The average molecular weight is 305 g/mol. The van der Waals surface area contributed by atoms with Crippen molar-refractivity contribution in [1.82, 2.24) is 0 Å². The first kappa shape index (κ1) is 11.9. The quantitative estimate of drug-likeness (QED) is 0.798. The first-order chi connectivity index (χ1) is 7.59. The summed E-state index contributed by atoms with van der Waals surface area (Å²) in [5, 5.41) is 0.585. The van der Waals surface area contributed by atoms with Crippen LogP contribution in [0.2, 0.25) is 5.02 Å². The third-order valence-electron chi connectivity index (χ3n) is 2.47. The Morgan fingerprint density at radius 1 is 1.50 bits per heavy atom. The minimum Gasteiger partial charge on any atom is -0.370 e. The van der Waals surface area contributed by atoms with Crippen molar-refractivity contribution in [2.24, 2.45) is 0 Å². The lowest BCUT2D eigenvalue weighted by Gasteiger charge is -2.29. The Morgan fingerprint density at radius 3 is 2.88 bits per heavy atom. The van der Waals surface area contributed by atoms with Gasteiger partial charge in [-0.15, -0.1) is 0 Å². The molecule has 2 rings (SSSR count). The monoisotopic (exact) mass is 303 g/mol. The van der Waals surface area contributed by atoms with Crippen LogP contribution in [0.3, 0.4) is 0 Å². The van der Waals surface area contributed by atoms with Gasteiger partial charge in [-0.3, -0.25) is 4.79 Å². The van der Waals surface area contributed by atoms with Gasteiger partial charge in [-0.25, -0.2) is 0 Å². The van der Waals surface area contributed by atoms with Gasteiger partial charge in [0.25, 0.3) is 5.91 Å². The highest BCUT2D eigenvalue weighted by atomic mass is 79.9. The zero-order valence-corrected chi connectivity index (χ0v) is 11.1. The Kier molecular flexibility index (Phi) is 3.52. The minimum atomic E-state index is -0.0430. The maximum Gasteiger partial charge on any atom is 0.253 e. The Hall–Kier alpha value is -0.580. The number of anilines is 1. The zero-order chi connectivity index (χ0) is 11.7. The van der Waals surface area contributed by atoms with Gasteiger partial charge in [0.05, 0.1) is 17.3 Å². The molecule has 86 valence electrons. The summed E-state index contributed by atoms with van der Waals surface area (Å²) in [4.78, 5) is 13.4. The van der Waals surface area contributed by atoms with Crippen molar-refractivity contribution in [3.8, 4) is 0 Å². The summed E-state index contributed by atoms with van der Waals surface area (Å²) in [6.07, 6.45) is 0. The standard InChI is InChI=1S/C11H11BrClNO2/c1-7-4-8(12)5-9(13)11(7)14-2-3-16-6-10(14)15/h4-5H,2-3,6H2,1H3. The zero-order valence-electron chi connectivity index (χ0n) is 8.80. The SMILES string of the molecule is Cc1cc(Br)cc(Cl)c1N1CCOCC1=O. The first-order valence-corrected chi connectivity index (χ1v) is 6.10. The molecule has 1 aliphatic rings. The molecule has 1 amide bonds. The van der Waals surface area contributed by atoms with E-state index in [0.717, 1.165) is 15.7 Å². The molecule has 1 aromatic carbocycles. The molecule has 0 saturated carbocycles. The number of ether oxygens (including phenoxy) is 1. The van der Waals surface area contributed by atoms with Crippen LogP contribution in [0.1, 0.15) is 5.56 Å². The molecule has 0 atom stereocenters. The van der Waals surface area contributed by atoms with Crippen LogP contribution in [0.4, 0.5) is 5.69 Å². The second-order valence-corrected chi connectivity index (χ2v) is 4.97. The van der Waals surface area contributed by atoms with Crippen molar-refractivity contribution < 1.29 is 9.53 Å². The molecule has 1 aliphatic heterocycles. The number of hydrogen-bond acceptors (Lipinski definition) is 2. The summed E-state index contributed by atoms with van der Waals surface area (Å²) >= 11 is 9.54. The molecule has 16 heavy (non-hydrogen) atoms. The molecule has 3 nitrogen and oxygen atoms in total. The van der Waals surface area contributed by atoms with E-state index in [9.17, 15) is 4.79 Å². The molecular weight excluding hydrogens is 293 g/mol. The molecule has 0 radical (unpaired) electrons. The second kappa shape index (κ2) is 4.73. The maximum absolute atomic E-state index is 11.7. The van der Waals surface area contributed by atoms with E-state index in [1.807, 2.05) is 13.0 Å². The van der Waals surface area contributed by atoms with E-state index < -0.39 is 0 Å². The number of morpholine rings is 1. The lowest BCUT2D eigenvalue weighted by Crippen LogP contribution is -2.42. The second-order valence-electron chi connectivity index (χ2n) is 3.65. The van der Waals surface area contributed by atoms with Gasteiger partial charge in [-0.1, -0.05) is 27.5 Å². The van der Waals surface area contributed by atoms with E-state index in [0.29, 0.717) is 18.2 Å². The smallest absolute Gasteiger partial charge is 0.253 e. The summed E-state index contributed by atoms with van der Waals surface area (Å²) in [5.74, 6) is -0.0430. The Labute approximate surface area is 107 Å². The largest absolute Gasteiger partial charge is 0.370 e. The number of nitrogens with zero attached hydrogens (tertiary/aromatic N) is 1. The molecule has 0 bridgehead atoms. The number of carbonyl (C=O) groups excluding carboxylic acids is 1. The van der Waals surface area contributed by atoms with Crippen molar-refractivity contribution in [1.29, 1.82) is 0 Å². The van der Waals surface area contributed by atoms with Crippen molar-refractivity contribution in [3.63, 3.8) is 0 Å². The van der Waals surface area contributed by atoms with Crippen LogP contribution in [-0.2, 0) is 9.53 Å². The number of amides is 1. The topological polar surface area (TPSA) is 29.5 Å². The number of aryl methyl sites for hydroxylation is 1. The van der Waals surface area contributed by atoms with E-state index in [4.69, 9.17) is 16.3 Å². The van der Waals surface area contributed by atoms with Crippen LogP contribution in [0.25, 0.3) is 0 Å². The van der Waals surface area contributed by atoms with Gasteiger partial charge >= 0.3 is 0 Å². The molecule has 0 aliphatic carbocycles. The van der Waals surface area contributed by atoms with E-state index in [1.165, 1.54) is 0 Å². The molecule has 1 heterocycles. The molecule has 5 heteroatoms. The normalized spacial score (nSPS) is 16.7. The van der Waals surface area contributed by atoms with Crippen LogP contribution in [0.5, 0.6) is 0 Å². The number of hydrogen-bond donors (Lipinski definition) is 0. The van der Waals surface area contributed by atoms with Crippen LogP contribution >= 0.6 is 27.5 Å². The van der Waals surface area contributed by atoms with Gasteiger partial charge in [0.15, 0.2) is 0 Å². The molecule has 0 unspecified atom stereocenters. The van der Waals surface area contributed by atoms with E-state index in [-0.39, 0.29) is 12.5 Å². The van der Waals surface area contributed by atoms with Crippen LogP contribution in [0, 0.1) is 6.92 Å². The van der Waals surface area contributed by atoms with Crippen LogP contribution < -0.4 is 4.90 Å². The molecule has 0 aromatic heterocycles. The lowest BCUT2D eigenvalue weighted by molar-refractivity contribution is -0.125. The highest BCUT2D eigenvalue weighted by Gasteiger charge is 2.23. The van der Waals surface area contributed by atoms with Crippen LogP contribution in [-0.4, -0.2) is 25.7 Å². The van der Waals surface area contributed by atoms with Crippen molar-refractivity contribution in [3.05, 3.63) is 27.2 Å². The molecule has 1 fully saturated rings. The third-order valence-corrected chi connectivity index (χ3v) is 3.22. The van der Waals surface area contributed by atoms with Gasteiger partial charge in [0, 0.05) is 11.0 Å². The molecular formula is C11H11BrClNO2. The average Bonchev–Trinajstić information content (AvgIpc) is 2.19. The predicted molar refractivity (Wildman–Crippen MR) is 67.1 cm³/mol. The van der Waals surface area contributed by atoms with Gasteiger partial charge in [-0.2, -0.15) is 0 Å². The first-order valence-electron chi connectivity index (χ1n) is 4.93. The molecule has 1 aromatic rings. The number of halogens is 2. The number of carbonyl (C=O) groups is 1. The summed E-state index contributed by atoms with van der Waals surface area (Å²) in [5.41, 5.74) is 1.77. The van der Waals surface area contributed by atoms with Crippen molar-refractivity contribution >= 4 is 39.1 Å². The summed E-state index contributed by atoms with van der Waals surface area (Å²) < 4.78 is 6.01. The van der Waals surface area contributed by atoms with Gasteiger partial charge in [0.2, 0.25) is 0 Å². The molecule has 1 saturated heterocycles.